The molecule has 6 nitrogen and oxygen atoms in total. The smallest absolute Gasteiger partial charge is 0.271 e. The molecule has 1 aromatic rings. The van der Waals surface area contributed by atoms with Crippen LogP contribution in [0.15, 0.2) is 34.9 Å². The number of nitriles is 1. The second kappa shape index (κ2) is 10.6. The Kier molecular flexibility index (Phi) is 8.23. The van der Waals surface area contributed by atoms with Gasteiger partial charge in [0.25, 0.3) is 11.8 Å². The molecular weight excluding hydrogens is 380 g/mol. The zero-order chi connectivity index (χ0) is 22.3. The van der Waals surface area contributed by atoms with Crippen molar-refractivity contribution >= 4 is 17.9 Å². The summed E-state index contributed by atoms with van der Waals surface area (Å²) in [5.74, 6) is 0.347. The number of imide groups is 1. The first-order valence-corrected chi connectivity index (χ1v) is 10.5. The molecule has 0 radical (unpaired) electrons. The summed E-state index contributed by atoms with van der Waals surface area (Å²) < 4.78 is 11.5. The number of hydrogen-bond acceptors (Lipinski definition) is 5. The molecule has 0 aliphatic carbocycles. The van der Waals surface area contributed by atoms with E-state index >= 15 is 0 Å². The van der Waals surface area contributed by atoms with E-state index in [2.05, 4.69) is 6.92 Å². The number of ether oxygens (including phenoxy) is 2. The average Bonchev–Trinajstić information content (AvgIpc) is 2.73. The zero-order valence-corrected chi connectivity index (χ0v) is 18.4. The van der Waals surface area contributed by atoms with E-state index in [-0.39, 0.29) is 17.5 Å². The van der Waals surface area contributed by atoms with Gasteiger partial charge in [0.15, 0.2) is 11.5 Å². The van der Waals surface area contributed by atoms with Crippen LogP contribution in [0.3, 0.4) is 0 Å². The van der Waals surface area contributed by atoms with Gasteiger partial charge in [0, 0.05) is 11.6 Å². The van der Waals surface area contributed by atoms with Gasteiger partial charge in [0.2, 0.25) is 0 Å². The fourth-order valence-corrected chi connectivity index (χ4v) is 3.18. The Balaban J connectivity index is 2.50. The number of carbonyl (C=O) groups is 2. The van der Waals surface area contributed by atoms with Gasteiger partial charge >= 0.3 is 0 Å². The molecule has 2 rings (SSSR count). The lowest BCUT2D eigenvalue weighted by molar-refractivity contribution is -0.142. The van der Waals surface area contributed by atoms with Crippen molar-refractivity contribution in [3.63, 3.8) is 0 Å². The standard InChI is InChI=1S/C24H30N2O4/c1-6-9-12-30-21-11-10-18(14-22(21)29-8-3)13-19-17(5)20(15-25)24(28)26(23(19)27)16(4)7-2/h10-11,13-14,16H,6-9,12H2,1-5H3/b19-13+. The summed E-state index contributed by atoms with van der Waals surface area (Å²) in [6.45, 7) is 10.4. The van der Waals surface area contributed by atoms with Gasteiger partial charge in [0.05, 0.1) is 13.2 Å². The fraction of sp³-hybridized carbons (Fsp3) is 0.458. The van der Waals surface area contributed by atoms with Crippen molar-refractivity contribution in [2.45, 2.75) is 59.9 Å². The zero-order valence-electron chi connectivity index (χ0n) is 18.4. The lowest BCUT2D eigenvalue weighted by Crippen LogP contribution is -2.47. The number of amides is 2. The maximum Gasteiger partial charge on any atom is 0.271 e. The minimum atomic E-state index is -0.527. The first kappa shape index (κ1) is 23.2. The highest BCUT2D eigenvalue weighted by Gasteiger charge is 2.37. The normalized spacial score (nSPS) is 16.7. The van der Waals surface area contributed by atoms with Gasteiger partial charge in [0.1, 0.15) is 11.6 Å². The molecule has 2 amide bonds. The minimum absolute atomic E-state index is 0.00528. The molecule has 1 unspecified atom stereocenters. The second-order valence-corrected chi connectivity index (χ2v) is 7.25. The largest absolute Gasteiger partial charge is 0.490 e. The third-order valence-corrected chi connectivity index (χ3v) is 5.14. The van der Waals surface area contributed by atoms with Gasteiger partial charge in [-0.1, -0.05) is 26.3 Å². The summed E-state index contributed by atoms with van der Waals surface area (Å²) in [6.07, 6.45) is 4.30. The first-order valence-electron chi connectivity index (χ1n) is 10.5. The minimum Gasteiger partial charge on any atom is -0.490 e. The van der Waals surface area contributed by atoms with Crippen molar-refractivity contribution in [3.8, 4) is 17.6 Å². The first-order chi connectivity index (χ1) is 14.4. The monoisotopic (exact) mass is 410 g/mol. The van der Waals surface area contributed by atoms with Gasteiger partial charge in [-0.25, -0.2) is 0 Å². The number of unbranched alkanes of at least 4 members (excludes halogenated alkanes) is 1. The second-order valence-electron chi connectivity index (χ2n) is 7.25. The molecule has 0 saturated carbocycles. The highest BCUT2D eigenvalue weighted by Crippen LogP contribution is 2.32. The Bertz CT molecular complexity index is 908. The molecule has 1 aliphatic heterocycles. The van der Waals surface area contributed by atoms with Gasteiger partial charge in [-0.15, -0.1) is 0 Å². The van der Waals surface area contributed by atoms with Gasteiger partial charge in [-0.3, -0.25) is 14.5 Å². The van der Waals surface area contributed by atoms with Crippen molar-refractivity contribution in [2.24, 2.45) is 0 Å². The molecule has 0 saturated heterocycles. The summed E-state index contributed by atoms with van der Waals surface area (Å²) in [6, 6.07) is 7.15. The topological polar surface area (TPSA) is 79.6 Å². The highest BCUT2D eigenvalue weighted by atomic mass is 16.5. The molecule has 0 spiro atoms. The maximum absolute atomic E-state index is 13.1. The van der Waals surface area contributed by atoms with Crippen molar-refractivity contribution in [1.29, 1.82) is 5.26 Å². The molecule has 0 N–H and O–H groups in total. The Hall–Kier alpha value is -3.07. The molecule has 0 aromatic heterocycles. The van der Waals surface area contributed by atoms with E-state index in [1.165, 1.54) is 4.90 Å². The van der Waals surface area contributed by atoms with Gasteiger partial charge < -0.3 is 9.47 Å². The highest BCUT2D eigenvalue weighted by molar-refractivity contribution is 6.19. The Morgan fingerprint density at radius 1 is 1.13 bits per heavy atom. The number of rotatable bonds is 9. The van der Waals surface area contributed by atoms with E-state index in [0.29, 0.717) is 42.3 Å². The van der Waals surface area contributed by atoms with E-state index in [1.54, 1.807) is 19.9 Å². The van der Waals surface area contributed by atoms with E-state index in [0.717, 1.165) is 18.4 Å². The Morgan fingerprint density at radius 3 is 2.47 bits per heavy atom. The predicted octanol–water partition coefficient (Wildman–Crippen LogP) is 4.65. The van der Waals surface area contributed by atoms with Crippen LogP contribution in [-0.2, 0) is 9.59 Å². The van der Waals surface area contributed by atoms with Crippen molar-refractivity contribution in [2.75, 3.05) is 13.2 Å². The third kappa shape index (κ3) is 4.91. The van der Waals surface area contributed by atoms with Crippen LogP contribution in [0.25, 0.3) is 6.08 Å². The lowest BCUT2D eigenvalue weighted by Gasteiger charge is -2.31. The van der Waals surface area contributed by atoms with Crippen LogP contribution in [0, 0.1) is 11.3 Å². The van der Waals surface area contributed by atoms with Crippen LogP contribution in [0.1, 0.15) is 59.4 Å². The van der Waals surface area contributed by atoms with Crippen LogP contribution in [-0.4, -0.2) is 36.0 Å². The average molecular weight is 411 g/mol. The number of carbonyl (C=O) groups excluding carboxylic acids is 2. The quantitative estimate of drug-likeness (QED) is 0.336. The van der Waals surface area contributed by atoms with Crippen LogP contribution in [0.4, 0.5) is 0 Å². The fourth-order valence-electron chi connectivity index (χ4n) is 3.18. The van der Waals surface area contributed by atoms with Crippen molar-refractivity contribution in [1.82, 2.24) is 4.90 Å². The number of benzene rings is 1. The third-order valence-electron chi connectivity index (χ3n) is 5.14. The molecule has 0 bridgehead atoms. The number of hydrogen-bond donors (Lipinski definition) is 0. The molecule has 1 aliphatic rings. The lowest BCUT2D eigenvalue weighted by atomic mass is 9.92. The summed E-state index contributed by atoms with van der Waals surface area (Å²) in [5.41, 5.74) is 1.48. The van der Waals surface area contributed by atoms with Crippen molar-refractivity contribution in [3.05, 3.63) is 40.5 Å². The predicted molar refractivity (Wildman–Crippen MR) is 116 cm³/mol. The SMILES string of the molecule is CCCCOc1ccc(/C=C2/C(=O)N(C(C)CC)C(=O)C(C#N)=C2C)cc1OCC. The van der Waals surface area contributed by atoms with Crippen molar-refractivity contribution < 1.29 is 19.1 Å². The Labute approximate surface area is 178 Å². The number of nitrogens with zero attached hydrogens (tertiary/aromatic N) is 2. The van der Waals surface area contributed by atoms with Crippen LogP contribution in [0.2, 0.25) is 0 Å². The summed E-state index contributed by atoms with van der Waals surface area (Å²) in [7, 11) is 0. The maximum atomic E-state index is 13.1. The van der Waals surface area contributed by atoms with Gasteiger partial charge in [-0.05, 0) is 63.0 Å². The molecule has 6 heteroatoms. The van der Waals surface area contributed by atoms with E-state index in [1.807, 2.05) is 38.1 Å². The molecular formula is C24H30N2O4. The van der Waals surface area contributed by atoms with Crippen LogP contribution < -0.4 is 9.47 Å². The molecule has 1 heterocycles. The van der Waals surface area contributed by atoms with E-state index < -0.39 is 5.91 Å². The van der Waals surface area contributed by atoms with Crippen LogP contribution in [0.5, 0.6) is 11.5 Å². The molecule has 160 valence electrons. The van der Waals surface area contributed by atoms with Crippen LogP contribution >= 0.6 is 0 Å². The van der Waals surface area contributed by atoms with E-state index in [4.69, 9.17) is 9.47 Å². The summed E-state index contributed by atoms with van der Waals surface area (Å²) in [4.78, 5) is 26.9. The molecule has 30 heavy (non-hydrogen) atoms. The molecule has 1 atom stereocenters. The molecule has 1 aromatic carbocycles. The summed E-state index contributed by atoms with van der Waals surface area (Å²) >= 11 is 0. The Morgan fingerprint density at radius 2 is 1.87 bits per heavy atom. The molecule has 0 fully saturated rings. The van der Waals surface area contributed by atoms with E-state index in [9.17, 15) is 14.9 Å². The summed E-state index contributed by atoms with van der Waals surface area (Å²) in [5, 5.41) is 9.50. The van der Waals surface area contributed by atoms with Gasteiger partial charge in [-0.2, -0.15) is 5.26 Å².